The molecule has 6 nitrogen and oxygen atoms in total. The zero-order chi connectivity index (χ0) is 14.8. The zero-order valence-electron chi connectivity index (χ0n) is 10.6. The van der Waals surface area contributed by atoms with E-state index in [2.05, 4.69) is 36.4 Å². The third kappa shape index (κ3) is 2.88. The second-order valence-electron chi connectivity index (χ2n) is 4.22. The van der Waals surface area contributed by atoms with Gasteiger partial charge in [-0.2, -0.15) is 0 Å². The summed E-state index contributed by atoms with van der Waals surface area (Å²) >= 11 is 9.18. The minimum atomic E-state index is -0.318. The summed E-state index contributed by atoms with van der Waals surface area (Å²) in [4.78, 5) is 16.1. The highest BCUT2D eigenvalue weighted by molar-refractivity contribution is 9.10. The first-order valence-corrected chi connectivity index (χ1v) is 7.20. The monoisotopic (exact) mass is 365 g/mol. The van der Waals surface area contributed by atoms with Gasteiger partial charge in [-0.25, -0.2) is 4.98 Å². The van der Waals surface area contributed by atoms with Gasteiger partial charge in [0.1, 0.15) is 5.15 Å². The van der Waals surface area contributed by atoms with Crippen LogP contribution in [0.2, 0.25) is 5.15 Å². The van der Waals surface area contributed by atoms with Crippen LogP contribution < -0.4 is 5.32 Å². The molecule has 0 unspecified atom stereocenters. The number of pyridine rings is 2. The molecular formula is C13H9BrClN5O. The van der Waals surface area contributed by atoms with Crippen molar-refractivity contribution < 1.29 is 4.79 Å². The summed E-state index contributed by atoms with van der Waals surface area (Å²) in [7, 11) is 0. The fraction of sp³-hybridized carbons (Fsp3) is 0.0769. The lowest BCUT2D eigenvalue weighted by Crippen LogP contribution is -2.24. The van der Waals surface area contributed by atoms with Gasteiger partial charge in [-0.05, 0) is 34.1 Å². The van der Waals surface area contributed by atoms with E-state index in [1.807, 2.05) is 24.4 Å². The lowest BCUT2D eigenvalue weighted by atomic mass is 10.2. The topological polar surface area (TPSA) is 72.2 Å². The maximum Gasteiger partial charge on any atom is 0.254 e. The number of nitrogens with zero attached hydrogens (tertiary/aromatic N) is 4. The minimum absolute atomic E-state index is 0.154. The predicted molar refractivity (Wildman–Crippen MR) is 81.1 cm³/mol. The first-order chi connectivity index (χ1) is 10.1. The molecule has 3 heterocycles. The largest absolute Gasteiger partial charge is 0.345 e. The molecule has 0 aliphatic rings. The number of nitrogens with one attached hydrogen (secondary N) is 1. The fourth-order valence-electron chi connectivity index (χ4n) is 1.85. The van der Waals surface area contributed by atoms with Crippen LogP contribution in [0.15, 0.2) is 41.1 Å². The van der Waals surface area contributed by atoms with Crippen molar-refractivity contribution in [2.45, 2.75) is 6.54 Å². The minimum Gasteiger partial charge on any atom is -0.345 e. The van der Waals surface area contributed by atoms with Gasteiger partial charge in [-0.15, -0.1) is 10.2 Å². The van der Waals surface area contributed by atoms with Crippen LogP contribution in [0.1, 0.15) is 16.2 Å². The normalized spacial score (nSPS) is 10.8. The number of carbonyl (C=O) groups excluding carboxylic acids is 1. The average Bonchev–Trinajstić information content (AvgIpc) is 2.90. The maximum absolute atomic E-state index is 12.1. The molecule has 1 amide bonds. The zero-order valence-corrected chi connectivity index (χ0v) is 13.0. The number of hydrogen-bond acceptors (Lipinski definition) is 4. The van der Waals surface area contributed by atoms with Crippen LogP contribution in [0, 0.1) is 0 Å². The molecule has 0 radical (unpaired) electrons. The third-order valence-corrected chi connectivity index (χ3v) is 3.58. The van der Waals surface area contributed by atoms with Gasteiger partial charge < -0.3 is 5.32 Å². The number of hydrogen-bond donors (Lipinski definition) is 1. The van der Waals surface area contributed by atoms with Gasteiger partial charge in [0, 0.05) is 16.9 Å². The van der Waals surface area contributed by atoms with Crippen LogP contribution in [0.25, 0.3) is 5.65 Å². The molecular weight excluding hydrogens is 358 g/mol. The van der Waals surface area contributed by atoms with Crippen molar-refractivity contribution in [1.29, 1.82) is 0 Å². The van der Waals surface area contributed by atoms with Crippen LogP contribution >= 0.6 is 27.5 Å². The standard InChI is InChI=1S/C13H9BrClN5O/c14-8-5-9(12(15)16-6-8)13(21)17-7-11-19-18-10-3-1-2-4-20(10)11/h1-6H,7H2,(H,17,21). The highest BCUT2D eigenvalue weighted by Crippen LogP contribution is 2.18. The molecule has 21 heavy (non-hydrogen) atoms. The second-order valence-corrected chi connectivity index (χ2v) is 5.49. The summed E-state index contributed by atoms with van der Waals surface area (Å²) in [5, 5.41) is 11.0. The van der Waals surface area contributed by atoms with Gasteiger partial charge in [0.2, 0.25) is 0 Å². The van der Waals surface area contributed by atoms with Crippen molar-refractivity contribution >= 4 is 39.1 Å². The van der Waals surface area contributed by atoms with E-state index >= 15 is 0 Å². The fourth-order valence-corrected chi connectivity index (χ4v) is 2.37. The highest BCUT2D eigenvalue weighted by atomic mass is 79.9. The summed E-state index contributed by atoms with van der Waals surface area (Å²) in [5.74, 6) is 0.319. The van der Waals surface area contributed by atoms with Gasteiger partial charge in [0.05, 0.1) is 12.1 Å². The molecule has 3 aromatic rings. The van der Waals surface area contributed by atoms with Gasteiger partial charge in [0.25, 0.3) is 5.91 Å². The molecule has 0 spiro atoms. The van der Waals surface area contributed by atoms with Crippen LogP contribution in [0.3, 0.4) is 0 Å². The highest BCUT2D eigenvalue weighted by Gasteiger charge is 2.13. The van der Waals surface area contributed by atoms with Gasteiger partial charge in [-0.1, -0.05) is 17.7 Å². The van der Waals surface area contributed by atoms with Crippen molar-refractivity contribution in [1.82, 2.24) is 24.9 Å². The van der Waals surface area contributed by atoms with E-state index in [4.69, 9.17) is 11.6 Å². The molecule has 0 aromatic carbocycles. The number of amides is 1. The van der Waals surface area contributed by atoms with Crippen molar-refractivity contribution in [3.63, 3.8) is 0 Å². The summed E-state index contributed by atoms with van der Waals surface area (Å²) in [6.07, 6.45) is 3.37. The Labute approximate surface area is 133 Å². The van der Waals surface area contributed by atoms with E-state index in [1.54, 1.807) is 10.5 Å². The van der Waals surface area contributed by atoms with E-state index in [0.29, 0.717) is 15.9 Å². The molecule has 3 rings (SSSR count). The Morgan fingerprint density at radius 3 is 3.10 bits per heavy atom. The van der Waals surface area contributed by atoms with Crippen LogP contribution in [-0.4, -0.2) is 25.5 Å². The Hall–Kier alpha value is -1.99. The van der Waals surface area contributed by atoms with Crippen molar-refractivity contribution in [3.8, 4) is 0 Å². The molecule has 8 heteroatoms. The van der Waals surface area contributed by atoms with Crippen LogP contribution in [0.4, 0.5) is 0 Å². The van der Waals surface area contributed by atoms with E-state index in [1.165, 1.54) is 6.20 Å². The van der Waals surface area contributed by atoms with Crippen LogP contribution in [0.5, 0.6) is 0 Å². The number of aromatic nitrogens is 4. The lowest BCUT2D eigenvalue weighted by Gasteiger charge is -2.06. The Balaban J connectivity index is 1.78. The summed E-state index contributed by atoms with van der Waals surface area (Å²) < 4.78 is 2.49. The van der Waals surface area contributed by atoms with Gasteiger partial charge in [0.15, 0.2) is 11.5 Å². The van der Waals surface area contributed by atoms with Gasteiger partial charge >= 0.3 is 0 Å². The molecule has 0 atom stereocenters. The van der Waals surface area contributed by atoms with E-state index in [9.17, 15) is 4.79 Å². The smallest absolute Gasteiger partial charge is 0.254 e. The molecule has 0 saturated carbocycles. The molecule has 106 valence electrons. The quantitative estimate of drug-likeness (QED) is 0.723. The number of rotatable bonds is 3. The Morgan fingerprint density at radius 2 is 2.24 bits per heavy atom. The number of carbonyl (C=O) groups is 1. The average molecular weight is 367 g/mol. The molecule has 3 aromatic heterocycles. The first-order valence-electron chi connectivity index (χ1n) is 6.03. The molecule has 0 aliphatic heterocycles. The van der Waals surface area contributed by atoms with E-state index in [-0.39, 0.29) is 17.6 Å². The SMILES string of the molecule is O=C(NCc1nnc2ccccn12)c1cc(Br)cnc1Cl. The van der Waals surface area contributed by atoms with Crippen molar-refractivity contribution in [2.75, 3.05) is 0 Å². The van der Waals surface area contributed by atoms with Gasteiger partial charge in [-0.3, -0.25) is 9.20 Å². The molecule has 0 aliphatic carbocycles. The van der Waals surface area contributed by atoms with Crippen LogP contribution in [-0.2, 0) is 6.54 Å². The summed E-state index contributed by atoms with van der Waals surface area (Å²) in [5.41, 5.74) is 1.03. The van der Waals surface area contributed by atoms with E-state index < -0.39 is 0 Å². The van der Waals surface area contributed by atoms with Crippen molar-refractivity contribution in [2.24, 2.45) is 0 Å². The Morgan fingerprint density at radius 1 is 1.38 bits per heavy atom. The number of halogens is 2. The predicted octanol–water partition coefficient (Wildman–Crippen LogP) is 2.47. The van der Waals surface area contributed by atoms with Crippen molar-refractivity contribution in [3.05, 3.63) is 57.7 Å². The maximum atomic E-state index is 12.1. The summed E-state index contributed by atoms with van der Waals surface area (Å²) in [6.45, 7) is 0.243. The number of fused-ring (bicyclic) bond motifs is 1. The second kappa shape index (κ2) is 5.79. The Bertz CT molecular complexity index is 819. The van der Waals surface area contributed by atoms with E-state index in [0.717, 1.165) is 5.65 Å². The molecule has 1 N–H and O–H groups in total. The Kier molecular flexibility index (Phi) is 3.85. The lowest BCUT2D eigenvalue weighted by molar-refractivity contribution is 0.0949. The third-order valence-electron chi connectivity index (χ3n) is 2.84. The molecule has 0 bridgehead atoms. The first kappa shape index (κ1) is 14.0. The molecule has 0 fully saturated rings. The summed E-state index contributed by atoms with van der Waals surface area (Å²) in [6, 6.07) is 7.20. The molecule has 0 saturated heterocycles.